The monoisotopic (exact) mass is 552 g/mol. The normalized spacial score (nSPS) is 12.1. The number of primary sulfonamides is 1. The van der Waals surface area contributed by atoms with Gasteiger partial charge in [-0.05, 0) is 60.2 Å². The molecule has 0 spiro atoms. The Morgan fingerprint density at radius 3 is 2.06 bits per heavy atom. The highest BCUT2D eigenvalue weighted by atomic mass is 79.9. The summed E-state index contributed by atoms with van der Waals surface area (Å²) in [5.74, 6) is -0.440. The molecule has 0 aliphatic carbocycles. The Bertz CT molecular complexity index is 1520. The molecule has 0 bridgehead atoms. The molecule has 164 valence electrons. The standard InChI is InChI=1S/C21H14BrFN2O4S3/c22-15-2-1-3-18(12-15)31(26,27)21-25-19(13-4-8-16(23)9-5-13)20(30-21)14-6-10-17(11-7-14)32(24,28)29/h1-12H,(H2,24,28,29). The van der Waals surface area contributed by atoms with Crippen LogP contribution in [-0.4, -0.2) is 21.8 Å². The van der Waals surface area contributed by atoms with Crippen LogP contribution >= 0.6 is 27.3 Å². The van der Waals surface area contributed by atoms with E-state index in [2.05, 4.69) is 20.9 Å². The van der Waals surface area contributed by atoms with Crippen molar-refractivity contribution < 1.29 is 21.2 Å². The van der Waals surface area contributed by atoms with Crippen molar-refractivity contribution in [2.45, 2.75) is 14.1 Å². The molecule has 2 N–H and O–H groups in total. The molecule has 0 atom stereocenters. The fraction of sp³-hybridized carbons (Fsp3) is 0. The summed E-state index contributed by atoms with van der Waals surface area (Å²) >= 11 is 4.22. The Kier molecular flexibility index (Phi) is 6.03. The lowest BCUT2D eigenvalue weighted by Gasteiger charge is -2.04. The van der Waals surface area contributed by atoms with Crippen LogP contribution in [0.4, 0.5) is 4.39 Å². The van der Waals surface area contributed by atoms with E-state index >= 15 is 0 Å². The number of nitrogens with two attached hydrogens (primary N) is 1. The first-order chi connectivity index (χ1) is 15.1. The van der Waals surface area contributed by atoms with Gasteiger partial charge in [0.2, 0.25) is 24.2 Å². The number of hydrogen-bond donors (Lipinski definition) is 1. The van der Waals surface area contributed by atoms with Crippen LogP contribution in [-0.2, 0) is 19.9 Å². The quantitative estimate of drug-likeness (QED) is 0.380. The summed E-state index contributed by atoms with van der Waals surface area (Å²) in [5.41, 5.74) is 1.40. The van der Waals surface area contributed by atoms with Crippen LogP contribution in [0.25, 0.3) is 21.7 Å². The van der Waals surface area contributed by atoms with Crippen molar-refractivity contribution >= 4 is 47.1 Å². The first-order valence-electron chi connectivity index (χ1n) is 8.96. The molecule has 0 saturated carbocycles. The van der Waals surface area contributed by atoms with Crippen LogP contribution in [0.1, 0.15) is 0 Å². The lowest BCUT2D eigenvalue weighted by atomic mass is 10.1. The van der Waals surface area contributed by atoms with Crippen molar-refractivity contribution in [3.8, 4) is 21.7 Å². The van der Waals surface area contributed by atoms with Crippen molar-refractivity contribution in [3.05, 3.63) is 83.1 Å². The number of halogens is 2. The van der Waals surface area contributed by atoms with Crippen LogP contribution in [0, 0.1) is 5.82 Å². The second-order valence-electron chi connectivity index (χ2n) is 6.69. The Morgan fingerprint density at radius 1 is 0.844 bits per heavy atom. The van der Waals surface area contributed by atoms with Gasteiger partial charge in [-0.1, -0.05) is 34.1 Å². The molecule has 1 heterocycles. The van der Waals surface area contributed by atoms with Crippen molar-refractivity contribution in [2.75, 3.05) is 0 Å². The number of nitrogens with zero attached hydrogens (tertiary/aromatic N) is 1. The zero-order chi connectivity index (χ0) is 23.1. The highest BCUT2D eigenvalue weighted by molar-refractivity contribution is 9.10. The molecular weight excluding hydrogens is 539 g/mol. The van der Waals surface area contributed by atoms with Gasteiger partial charge in [0.1, 0.15) is 5.82 Å². The van der Waals surface area contributed by atoms with Crippen LogP contribution in [0.3, 0.4) is 0 Å². The molecule has 4 aromatic rings. The van der Waals surface area contributed by atoms with Gasteiger partial charge in [-0.3, -0.25) is 0 Å². The third-order valence-electron chi connectivity index (χ3n) is 4.51. The Hall–Kier alpha value is -2.44. The minimum Gasteiger partial charge on any atom is -0.225 e. The zero-order valence-corrected chi connectivity index (χ0v) is 20.1. The largest absolute Gasteiger partial charge is 0.238 e. The van der Waals surface area contributed by atoms with Gasteiger partial charge in [0.15, 0.2) is 0 Å². The smallest absolute Gasteiger partial charge is 0.225 e. The Labute approximate surface area is 196 Å². The van der Waals surface area contributed by atoms with E-state index in [0.717, 1.165) is 11.3 Å². The van der Waals surface area contributed by atoms with E-state index in [4.69, 9.17) is 5.14 Å². The van der Waals surface area contributed by atoms with Crippen molar-refractivity contribution in [3.63, 3.8) is 0 Å². The van der Waals surface area contributed by atoms with E-state index in [1.165, 1.54) is 60.7 Å². The van der Waals surface area contributed by atoms with Gasteiger partial charge in [-0.2, -0.15) is 0 Å². The van der Waals surface area contributed by atoms with Crippen LogP contribution in [0.2, 0.25) is 0 Å². The van der Waals surface area contributed by atoms with Gasteiger partial charge in [0, 0.05) is 10.0 Å². The fourth-order valence-corrected chi connectivity index (χ4v) is 6.77. The van der Waals surface area contributed by atoms with Crippen molar-refractivity contribution in [1.82, 2.24) is 4.98 Å². The number of rotatable bonds is 5. The molecule has 4 rings (SSSR count). The van der Waals surface area contributed by atoms with Crippen LogP contribution in [0.15, 0.2) is 91.4 Å². The summed E-state index contributed by atoms with van der Waals surface area (Å²) in [6.45, 7) is 0. The lowest BCUT2D eigenvalue weighted by molar-refractivity contribution is 0.594. The van der Waals surface area contributed by atoms with Crippen LogP contribution in [0.5, 0.6) is 0 Å². The summed E-state index contributed by atoms with van der Waals surface area (Å²) in [7, 11) is -7.81. The highest BCUT2D eigenvalue weighted by Gasteiger charge is 2.26. The zero-order valence-electron chi connectivity index (χ0n) is 16.1. The molecular formula is C21H14BrFN2O4S3. The molecule has 1 aromatic heterocycles. The average Bonchev–Trinajstić information content (AvgIpc) is 3.20. The number of sulfonamides is 1. The molecule has 0 unspecified atom stereocenters. The maximum Gasteiger partial charge on any atom is 0.238 e. The first-order valence-corrected chi connectivity index (χ1v) is 13.6. The summed E-state index contributed by atoms with van der Waals surface area (Å²) in [5, 5.41) is 5.16. The van der Waals surface area contributed by atoms with Gasteiger partial charge in [0.25, 0.3) is 0 Å². The summed E-state index contributed by atoms with van der Waals surface area (Å²) in [6.07, 6.45) is 0. The Morgan fingerprint density at radius 2 is 1.47 bits per heavy atom. The number of benzene rings is 3. The first kappa shape index (κ1) is 22.7. The predicted molar refractivity (Wildman–Crippen MR) is 124 cm³/mol. The van der Waals surface area contributed by atoms with Crippen molar-refractivity contribution in [1.29, 1.82) is 0 Å². The molecule has 0 radical (unpaired) electrons. The second-order valence-corrected chi connectivity index (χ2v) is 12.3. The molecule has 32 heavy (non-hydrogen) atoms. The van der Waals surface area contributed by atoms with Gasteiger partial charge >= 0.3 is 0 Å². The van der Waals surface area contributed by atoms with Crippen molar-refractivity contribution in [2.24, 2.45) is 5.14 Å². The molecule has 3 aromatic carbocycles. The maximum atomic E-state index is 13.4. The minimum absolute atomic E-state index is 0.0717. The molecule has 0 fully saturated rings. The average molecular weight is 553 g/mol. The van der Waals surface area contributed by atoms with Gasteiger partial charge < -0.3 is 0 Å². The number of hydrogen-bond acceptors (Lipinski definition) is 6. The fourth-order valence-electron chi connectivity index (χ4n) is 2.95. The third-order valence-corrected chi connectivity index (χ3v) is 9.16. The Balaban J connectivity index is 1.91. The molecule has 11 heteroatoms. The highest BCUT2D eigenvalue weighted by Crippen LogP contribution is 2.40. The summed E-state index contributed by atoms with van der Waals surface area (Å²) < 4.78 is 63.5. The van der Waals surface area contributed by atoms with E-state index in [9.17, 15) is 21.2 Å². The third kappa shape index (κ3) is 4.52. The minimum atomic E-state index is -3.93. The van der Waals surface area contributed by atoms with E-state index in [-0.39, 0.29) is 14.1 Å². The molecule has 0 aliphatic heterocycles. The summed E-state index contributed by atoms with van der Waals surface area (Å²) in [6, 6.07) is 17.5. The number of aromatic nitrogens is 1. The summed E-state index contributed by atoms with van der Waals surface area (Å²) in [4.78, 5) is 4.88. The van der Waals surface area contributed by atoms with E-state index in [0.29, 0.717) is 26.2 Å². The number of thiazole rings is 1. The molecule has 0 amide bonds. The number of sulfone groups is 1. The van der Waals surface area contributed by atoms with Gasteiger partial charge in [-0.15, -0.1) is 11.3 Å². The maximum absolute atomic E-state index is 13.4. The van der Waals surface area contributed by atoms with Crippen LogP contribution < -0.4 is 5.14 Å². The van der Waals surface area contributed by atoms with E-state index in [1.807, 2.05) is 0 Å². The molecule has 6 nitrogen and oxygen atoms in total. The second kappa shape index (κ2) is 8.49. The molecule has 0 aliphatic rings. The van der Waals surface area contributed by atoms with Gasteiger partial charge in [0.05, 0.1) is 20.4 Å². The SMILES string of the molecule is NS(=O)(=O)c1ccc(-c2sc(S(=O)(=O)c3cccc(Br)c3)nc2-c2ccc(F)cc2)cc1. The predicted octanol–water partition coefficient (Wildman–Crippen LogP) is 4.86. The van der Waals surface area contributed by atoms with E-state index < -0.39 is 25.7 Å². The topological polar surface area (TPSA) is 107 Å². The molecule has 0 saturated heterocycles. The lowest BCUT2D eigenvalue weighted by Crippen LogP contribution is -2.11. The van der Waals surface area contributed by atoms with E-state index in [1.54, 1.807) is 12.1 Å². The van der Waals surface area contributed by atoms with Gasteiger partial charge in [-0.25, -0.2) is 31.3 Å².